The summed E-state index contributed by atoms with van der Waals surface area (Å²) in [4.78, 5) is 6.92. The molecule has 0 unspecified atom stereocenters. The highest BCUT2D eigenvalue weighted by molar-refractivity contribution is 7.26. The molecule has 0 bridgehead atoms. The molecule has 28 aromatic rings. The Morgan fingerprint density at radius 3 is 1.01 bits per heavy atom. The molecule has 10 heteroatoms. The summed E-state index contributed by atoms with van der Waals surface area (Å²) >= 11 is 3.65. The molecule has 0 saturated heterocycles. The quantitative estimate of drug-likeness (QED) is 0.120. The van der Waals surface area contributed by atoms with Crippen LogP contribution in [0.25, 0.3) is 206 Å². The monoisotopic (exact) mass is 1860 g/mol. The fraction of sp³-hybridized carbons (Fsp3) is 0.0455. The molecule has 0 spiro atoms. The van der Waals surface area contributed by atoms with Crippen LogP contribution >= 0.6 is 22.7 Å². The standard InChI is InChI=1S/C48H37NO.2C42H25NO2S/c1-47(2)41-19-10-8-17-35(41)39-28-44-40(29-43(39)47)36-23-21-31(26-42(36)48(44,3)4)30-13-12-16-33(25-30)49(32-14-6-5-7-15-32)34-22-24-38-37-18-9-11-20-45(37)50-46(38)27-34;1-2-9-26(10-3-1)27-11-8-12-28(21-27)43(30-17-19-32-31-13-4-6-15-37(31)44-39(32)23-30)29-18-20-38-34(22-29)35-24-36-33-14-5-7-16-41(33)46-42(36)25-40(35)45-38;1-2-8-26(9-3-1)27-14-16-28(17-15-27)43(29-18-20-32-31-10-4-6-12-37(31)44-38(32)22-29)30-19-21-33-35-25-42-36(24-40(35)45-39(33)23-30)34-11-5-7-13-41(34)46-42/h5-29H,1-4H3;2*1-25H. The Labute approximate surface area is 825 Å². The van der Waals surface area contributed by atoms with Crippen LogP contribution in [-0.2, 0) is 10.8 Å². The Kier molecular flexibility index (Phi) is 19.0. The van der Waals surface area contributed by atoms with Crippen molar-refractivity contribution in [3.8, 4) is 55.6 Å². The van der Waals surface area contributed by atoms with Gasteiger partial charge in [-0.15, -0.1) is 22.7 Å². The van der Waals surface area contributed by atoms with Crippen molar-refractivity contribution in [3.63, 3.8) is 0 Å². The van der Waals surface area contributed by atoms with Crippen molar-refractivity contribution < 1.29 is 22.1 Å². The molecule has 2 aliphatic carbocycles. The van der Waals surface area contributed by atoms with E-state index in [1.807, 2.05) is 65.1 Å². The molecule has 0 radical (unpaired) electrons. The first-order valence-electron chi connectivity index (χ1n) is 48.4. The first-order valence-corrected chi connectivity index (χ1v) is 50.1. The largest absolute Gasteiger partial charge is 0.456 e. The van der Waals surface area contributed by atoms with E-state index in [9.17, 15) is 0 Å². The molecular weight excluding hydrogens is 1770 g/mol. The van der Waals surface area contributed by atoms with Crippen LogP contribution in [0.5, 0.6) is 0 Å². The lowest BCUT2D eigenvalue weighted by molar-refractivity contribution is 0.652. The second kappa shape index (κ2) is 32.6. The summed E-state index contributed by atoms with van der Waals surface area (Å²) < 4.78 is 37.1. The van der Waals surface area contributed by atoms with Gasteiger partial charge in [0.05, 0.1) is 0 Å². The maximum absolute atomic E-state index is 6.59. The Morgan fingerprint density at radius 1 is 0.155 bits per heavy atom. The van der Waals surface area contributed by atoms with Crippen LogP contribution in [-0.4, -0.2) is 0 Å². The number of hydrogen-bond donors (Lipinski definition) is 0. The van der Waals surface area contributed by atoms with Gasteiger partial charge >= 0.3 is 0 Å². The van der Waals surface area contributed by atoms with Gasteiger partial charge in [0.2, 0.25) is 0 Å². The molecular formula is C132H87N3O5S2. The van der Waals surface area contributed by atoms with E-state index in [-0.39, 0.29) is 10.8 Å². The van der Waals surface area contributed by atoms with Gasteiger partial charge in [-0.3, -0.25) is 0 Å². The highest BCUT2D eigenvalue weighted by Gasteiger charge is 2.42. The SMILES string of the molecule is CC1(C)c2ccccc2-c2cc3c(cc21)-c1ccc(-c2cccc(N(c4ccccc4)c4ccc5c(c4)oc4ccccc45)c2)cc1C3(C)C.c1ccc(-c2ccc(N(c3ccc4c(c3)oc3ccccc34)c3ccc4c(c3)oc3cc5c(cc34)sc3ccccc35)cc2)cc1.c1ccc(-c2cccc(N(c3ccc4c(c3)oc3ccccc34)c3ccc4oc5cc6sc7ccccc7c6cc5c4c3)c2)cc1. The molecule has 0 amide bonds. The molecule has 7 heterocycles. The molecule has 672 valence electrons. The minimum absolute atomic E-state index is 0.0200. The average molecular weight is 1860 g/mol. The third-order valence-electron chi connectivity index (χ3n) is 29.6. The lowest BCUT2D eigenvalue weighted by atomic mass is 9.79. The predicted molar refractivity (Wildman–Crippen MR) is 597 cm³/mol. The van der Waals surface area contributed by atoms with Crippen LogP contribution in [0.15, 0.2) is 477 Å². The topological polar surface area (TPSA) is 75.4 Å². The van der Waals surface area contributed by atoms with Crippen molar-refractivity contribution in [2.75, 3.05) is 14.7 Å². The molecule has 0 N–H and O–H groups in total. The molecule has 142 heavy (non-hydrogen) atoms. The van der Waals surface area contributed by atoms with Gasteiger partial charge in [0.15, 0.2) is 0 Å². The molecule has 0 atom stereocenters. The second-order valence-corrected chi connectivity index (χ2v) is 40.7. The number of furan rings is 5. The van der Waals surface area contributed by atoms with Gasteiger partial charge < -0.3 is 36.8 Å². The summed E-state index contributed by atoms with van der Waals surface area (Å²) in [5.74, 6) is 0. The predicted octanol–water partition coefficient (Wildman–Crippen LogP) is 39.3. The zero-order valence-corrected chi connectivity index (χ0v) is 79.6. The normalized spacial score (nSPS) is 12.9. The molecule has 7 aromatic heterocycles. The number of nitrogens with zero attached hydrogens (tertiary/aromatic N) is 3. The number of hydrogen-bond acceptors (Lipinski definition) is 10. The summed E-state index contributed by atoms with van der Waals surface area (Å²) in [6, 6.07) is 163. The van der Waals surface area contributed by atoms with Crippen LogP contribution in [0.1, 0.15) is 49.9 Å². The number of rotatable bonds is 12. The van der Waals surface area contributed by atoms with Crippen LogP contribution in [0.4, 0.5) is 51.2 Å². The average Bonchev–Trinajstić information content (AvgIpc) is 1.54. The van der Waals surface area contributed by atoms with Gasteiger partial charge in [-0.25, -0.2) is 0 Å². The molecule has 21 aromatic carbocycles. The third kappa shape index (κ3) is 13.6. The molecule has 0 aliphatic heterocycles. The number of thiophene rings is 2. The minimum atomic E-state index is -0.118. The summed E-state index contributed by atoms with van der Waals surface area (Å²) in [5.41, 5.74) is 36.5. The lowest BCUT2D eigenvalue weighted by Crippen LogP contribution is -2.17. The summed E-state index contributed by atoms with van der Waals surface area (Å²) in [6.07, 6.45) is 0. The van der Waals surface area contributed by atoms with Crippen LogP contribution in [0, 0.1) is 0 Å². The van der Waals surface area contributed by atoms with Gasteiger partial charge in [-0.1, -0.05) is 270 Å². The van der Waals surface area contributed by atoms with Gasteiger partial charge in [0.1, 0.15) is 55.8 Å². The van der Waals surface area contributed by atoms with E-state index in [0.717, 1.165) is 166 Å². The van der Waals surface area contributed by atoms with Crippen molar-refractivity contribution >= 4 is 224 Å². The molecule has 8 nitrogen and oxygen atoms in total. The summed E-state index contributed by atoms with van der Waals surface area (Å²) in [6.45, 7) is 9.52. The van der Waals surface area contributed by atoms with Crippen LogP contribution < -0.4 is 14.7 Å². The van der Waals surface area contributed by atoms with E-state index in [1.54, 1.807) is 0 Å². The molecule has 2 aliphatic rings. The van der Waals surface area contributed by atoms with E-state index >= 15 is 0 Å². The van der Waals surface area contributed by atoms with Gasteiger partial charge in [-0.05, 0) is 266 Å². The van der Waals surface area contributed by atoms with E-state index in [4.69, 9.17) is 22.1 Å². The second-order valence-electron chi connectivity index (χ2n) is 38.5. The first-order chi connectivity index (χ1) is 69.8. The summed E-state index contributed by atoms with van der Waals surface area (Å²) in [7, 11) is 0. The maximum Gasteiger partial charge on any atom is 0.137 e. The molecule has 0 saturated carbocycles. The van der Waals surface area contributed by atoms with Crippen LogP contribution in [0.2, 0.25) is 0 Å². The Balaban J connectivity index is 0.000000104. The Morgan fingerprint density at radius 2 is 0.465 bits per heavy atom. The Hall–Kier alpha value is -17.5. The van der Waals surface area contributed by atoms with E-state index in [0.29, 0.717) is 0 Å². The number of anilines is 9. The van der Waals surface area contributed by atoms with E-state index < -0.39 is 0 Å². The summed E-state index contributed by atoms with van der Waals surface area (Å²) in [5, 5.41) is 16.3. The van der Waals surface area contributed by atoms with E-state index in [1.165, 1.54) is 113 Å². The minimum Gasteiger partial charge on any atom is -0.456 e. The number of benzene rings is 21. The van der Waals surface area contributed by atoms with Gasteiger partial charge in [-0.2, -0.15) is 0 Å². The highest BCUT2D eigenvalue weighted by atomic mass is 32.1. The molecule has 0 fully saturated rings. The fourth-order valence-electron chi connectivity index (χ4n) is 22.5. The van der Waals surface area contributed by atoms with E-state index in [2.05, 4.69) is 455 Å². The zero-order chi connectivity index (χ0) is 94.2. The van der Waals surface area contributed by atoms with Crippen molar-refractivity contribution in [2.45, 2.75) is 38.5 Å². The Bertz CT molecular complexity index is 9980. The smallest absolute Gasteiger partial charge is 0.137 e. The van der Waals surface area contributed by atoms with Crippen molar-refractivity contribution in [3.05, 3.63) is 477 Å². The zero-order valence-electron chi connectivity index (χ0n) is 78.0. The van der Waals surface area contributed by atoms with Gasteiger partial charge in [0.25, 0.3) is 0 Å². The fourth-order valence-corrected chi connectivity index (χ4v) is 24.8. The lowest BCUT2D eigenvalue weighted by Gasteiger charge is -2.26. The van der Waals surface area contributed by atoms with Crippen molar-refractivity contribution in [1.82, 2.24) is 0 Å². The maximum atomic E-state index is 6.59. The van der Waals surface area contributed by atoms with Crippen molar-refractivity contribution in [1.29, 1.82) is 0 Å². The first kappa shape index (κ1) is 82.7. The van der Waals surface area contributed by atoms with Crippen molar-refractivity contribution in [2.24, 2.45) is 0 Å². The number of para-hydroxylation sites is 4. The van der Waals surface area contributed by atoms with Gasteiger partial charge in [0, 0.05) is 180 Å². The molecule has 30 rings (SSSR count). The number of fused-ring (bicyclic) bond motifs is 27. The third-order valence-corrected chi connectivity index (χ3v) is 31.8. The van der Waals surface area contributed by atoms with Crippen LogP contribution in [0.3, 0.4) is 0 Å². The highest BCUT2D eigenvalue weighted by Crippen LogP contribution is 2.58.